The second-order valence-electron chi connectivity index (χ2n) is 3.08. The molecule has 78 valence electrons. The molecule has 2 aromatic rings. The largest absolute Gasteiger partial charge is 0.368 e. The number of nitrogen functional groups attached to an aromatic ring is 1. The molecule has 1 aromatic carbocycles. The zero-order valence-electron chi connectivity index (χ0n) is 7.91. The van der Waals surface area contributed by atoms with E-state index in [9.17, 15) is 8.78 Å². The number of aromatic nitrogens is 3. The summed E-state index contributed by atoms with van der Waals surface area (Å²) in [6.45, 7) is 0. The first-order valence-electron chi connectivity index (χ1n) is 4.19. The lowest BCUT2D eigenvalue weighted by molar-refractivity contribution is 0.584. The van der Waals surface area contributed by atoms with Crippen molar-refractivity contribution in [3.05, 3.63) is 29.8 Å². The standard InChI is InChI=1S/C9H8F2N4/c1-15-9(12)13-8(14-15)5-2-6(10)4-7(11)3-5/h2-4H,1H3,(H2,12,13,14). The van der Waals surface area contributed by atoms with Crippen molar-refractivity contribution in [3.8, 4) is 11.4 Å². The quantitative estimate of drug-likeness (QED) is 0.772. The fourth-order valence-corrected chi connectivity index (χ4v) is 1.20. The molecule has 6 heteroatoms. The lowest BCUT2D eigenvalue weighted by Gasteiger charge is -1.95. The van der Waals surface area contributed by atoms with E-state index in [1.165, 1.54) is 4.68 Å². The van der Waals surface area contributed by atoms with Crippen molar-refractivity contribution in [1.29, 1.82) is 0 Å². The van der Waals surface area contributed by atoms with E-state index in [4.69, 9.17) is 5.73 Å². The number of anilines is 1. The Labute approximate surface area is 84.4 Å². The smallest absolute Gasteiger partial charge is 0.218 e. The van der Waals surface area contributed by atoms with Crippen LogP contribution in [0.4, 0.5) is 14.7 Å². The number of rotatable bonds is 1. The van der Waals surface area contributed by atoms with Crippen molar-refractivity contribution in [3.63, 3.8) is 0 Å². The molecular weight excluding hydrogens is 202 g/mol. The van der Waals surface area contributed by atoms with Crippen molar-refractivity contribution >= 4 is 5.95 Å². The first-order chi connectivity index (χ1) is 7.06. The van der Waals surface area contributed by atoms with E-state index >= 15 is 0 Å². The zero-order valence-corrected chi connectivity index (χ0v) is 7.91. The number of hydrogen-bond donors (Lipinski definition) is 1. The number of nitrogens with two attached hydrogens (primary N) is 1. The van der Waals surface area contributed by atoms with E-state index in [1.807, 2.05) is 0 Å². The summed E-state index contributed by atoms with van der Waals surface area (Å²) >= 11 is 0. The highest BCUT2D eigenvalue weighted by Crippen LogP contribution is 2.18. The average molecular weight is 210 g/mol. The number of hydrogen-bond acceptors (Lipinski definition) is 3. The highest BCUT2D eigenvalue weighted by atomic mass is 19.1. The van der Waals surface area contributed by atoms with Gasteiger partial charge in [-0.2, -0.15) is 4.98 Å². The molecule has 0 saturated heterocycles. The molecule has 0 fully saturated rings. The maximum absolute atomic E-state index is 12.9. The van der Waals surface area contributed by atoms with Crippen LogP contribution >= 0.6 is 0 Å². The summed E-state index contributed by atoms with van der Waals surface area (Å²) < 4.78 is 27.1. The summed E-state index contributed by atoms with van der Waals surface area (Å²) in [5.74, 6) is -0.949. The zero-order chi connectivity index (χ0) is 11.0. The molecule has 0 saturated carbocycles. The van der Waals surface area contributed by atoms with Gasteiger partial charge in [-0.15, -0.1) is 5.10 Å². The van der Waals surface area contributed by atoms with E-state index < -0.39 is 11.6 Å². The van der Waals surface area contributed by atoms with Gasteiger partial charge in [-0.25, -0.2) is 13.5 Å². The van der Waals surface area contributed by atoms with Gasteiger partial charge in [0.2, 0.25) is 5.95 Å². The monoisotopic (exact) mass is 210 g/mol. The van der Waals surface area contributed by atoms with Gasteiger partial charge >= 0.3 is 0 Å². The number of halogens is 2. The van der Waals surface area contributed by atoms with E-state index in [0.717, 1.165) is 18.2 Å². The molecule has 0 amide bonds. The van der Waals surface area contributed by atoms with Crippen molar-refractivity contribution in [2.75, 3.05) is 5.73 Å². The summed E-state index contributed by atoms with van der Waals surface area (Å²) in [7, 11) is 1.60. The first kappa shape index (κ1) is 9.57. The summed E-state index contributed by atoms with van der Waals surface area (Å²) in [5.41, 5.74) is 5.72. The second kappa shape index (κ2) is 3.30. The van der Waals surface area contributed by atoms with E-state index in [1.54, 1.807) is 7.05 Å². The Morgan fingerprint density at radius 3 is 2.27 bits per heavy atom. The molecular formula is C9H8F2N4. The normalized spacial score (nSPS) is 10.6. The predicted molar refractivity (Wildman–Crippen MR) is 50.8 cm³/mol. The van der Waals surface area contributed by atoms with Crippen LogP contribution in [0.1, 0.15) is 0 Å². The van der Waals surface area contributed by atoms with Gasteiger partial charge in [0.1, 0.15) is 11.6 Å². The number of nitrogens with zero attached hydrogens (tertiary/aromatic N) is 3. The Bertz CT molecular complexity index is 467. The molecule has 0 radical (unpaired) electrons. The topological polar surface area (TPSA) is 56.7 Å². The van der Waals surface area contributed by atoms with Gasteiger partial charge in [-0.1, -0.05) is 0 Å². The lowest BCUT2D eigenvalue weighted by atomic mass is 10.2. The Kier molecular flexibility index (Phi) is 2.11. The summed E-state index contributed by atoms with van der Waals surface area (Å²) in [6, 6.07) is 3.09. The third-order valence-corrected chi connectivity index (χ3v) is 1.92. The van der Waals surface area contributed by atoms with E-state index in [0.29, 0.717) is 0 Å². The number of aryl methyl sites for hydroxylation is 1. The molecule has 0 bridgehead atoms. The Morgan fingerprint density at radius 1 is 1.20 bits per heavy atom. The molecule has 15 heavy (non-hydrogen) atoms. The number of benzene rings is 1. The van der Waals surface area contributed by atoms with Crippen molar-refractivity contribution < 1.29 is 8.78 Å². The van der Waals surface area contributed by atoms with Gasteiger partial charge in [-0.05, 0) is 12.1 Å². The van der Waals surface area contributed by atoms with Gasteiger partial charge in [0.05, 0.1) is 0 Å². The molecule has 0 aliphatic heterocycles. The molecule has 1 aromatic heterocycles. The van der Waals surface area contributed by atoms with Crippen LogP contribution in [0.3, 0.4) is 0 Å². The first-order valence-corrected chi connectivity index (χ1v) is 4.19. The van der Waals surface area contributed by atoms with Crippen molar-refractivity contribution in [2.24, 2.45) is 7.05 Å². The third kappa shape index (κ3) is 1.78. The highest BCUT2D eigenvalue weighted by Gasteiger charge is 2.09. The van der Waals surface area contributed by atoms with Crippen LogP contribution in [0.25, 0.3) is 11.4 Å². The van der Waals surface area contributed by atoms with Crippen molar-refractivity contribution in [2.45, 2.75) is 0 Å². The van der Waals surface area contributed by atoms with Crippen LogP contribution in [0.2, 0.25) is 0 Å². The van der Waals surface area contributed by atoms with E-state index in [2.05, 4.69) is 10.1 Å². The SMILES string of the molecule is Cn1nc(-c2cc(F)cc(F)c2)nc1N. The van der Waals surface area contributed by atoms with Crippen LogP contribution in [-0.4, -0.2) is 14.8 Å². The van der Waals surface area contributed by atoms with Gasteiger partial charge in [0.15, 0.2) is 5.82 Å². The summed E-state index contributed by atoms with van der Waals surface area (Å²) in [5, 5.41) is 3.91. The van der Waals surface area contributed by atoms with Gasteiger partial charge in [0.25, 0.3) is 0 Å². The summed E-state index contributed by atoms with van der Waals surface area (Å²) in [6.07, 6.45) is 0. The predicted octanol–water partition coefficient (Wildman–Crippen LogP) is 1.34. The molecule has 0 unspecified atom stereocenters. The molecule has 0 aliphatic rings. The van der Waals surface area contributed by atoms with Gasteiger partial charge in [-0.3, -0.25) is 0 Å². The molecule has 1 heterocycles. The van der Waals surface area contributed by atoms with Crippen LogP contribution in [0.15, 0.2) is 18.2 Å². The molecule has 2 rings (SSSR count). The lowest BCUT2D eigenvalue weighted by Crippen LogP contribution is -1.97. The fourth-order valence-electron chi connectivity index (χ4n) is 1.20. The molecule has 2 N–H and O–H groups in total. The fraction of sp³-hybridized carbons (Fsp3) is 0.111. The highest BCUT2D eigenvalue weighted by molar-refractivity contribution is 5.55. The Morgan fingerprint density at radius 2 is 1.80 bits per heavy atom. The molecule has 0 aliphatic carbocycles. The van der Waals surface area contributed by atoms with Crippen molar-refractivity contribution in [1.82, 2.24) is 14.8 Å². The van der Waals surface area contributed by atoms with E-state index in [-0.39, 0.29) is 17.3 Å². The minimum absolute atomic E-state index is 0.190. The van der Waals surface area contributed by atoms with Gasteiger partial charge < -0.3 is 5.73 Å². The minimum atomic E-state index is -0.670. The Balaban J connectivity index is 2.53. The Hall–Kier alpha value is -1.98. The molecule has 4 nitrogen and oxygen atoms in total. The summed E-state index contributed by atoms with van der Waals surface area (Å²) in [4.78, 5) is 3.86. The maximum atomic E-state index is 12.9. The van der Waals surface area contributed by atoms with Crippen LogP contribution in [0.5, 0.6) is 0 Å². The van der Waals surface area contributed by atoms with Crippen LogP contribution in [-0.2, 0) is 7.05 Å². The van der Waals surface area contributed by atoms with Gasteiger partial charge in [0, 0.05) is 18.7 Å². The average Bonchev–Trinajstić information content (AvgIpc) is 2.45. The minimum Gasteiger partial charge on any atom is -0.368 e. The van der Waals surface area contributed by atoms with Crippen LogP contribution in [0, 0.1) is 11.6 Å². The molecule has 0 atom stereocenters. The second-order valence-corrected chi connectivity index (χ2v) is 3.08. The molecule has 0 spiro atoms. The van der Waals surface area contributed by atoms with Crippen LogP contribution < -0.4 is 5.73 Å². The third-order valence-electron chi connectivity index (χ3n) is 1.92. The maximum Gasteiger partial charge on any atom is 0.218 e.